The number of alkyl halides is 1. The van der Waals surface area contributed by atoms with E-state index >= 15 is 0 Å². The first-order valence-electron chi connectivity index (χ1n) is 2.45. The summed E-state index contributed by atoms with van der Waals surface area (Å²) >= 11 is 0. The van der Waals surface area contributed by atoms with E-state index in [0.29, 0.717) is 0 Å². The van der Waals surface area contributed by atoms with Gasteiger partial charge < -0.3 is 4.55 Å². The molecular formula is C4H8FNaO3S. The van der Waals surface area contributed by atoms with Gasteiger partial charge >= 0.3 is 29.6 Å². The predicted molar refractivity (Wildman–Crippen MR) is 29.7 cm³/mol. The van der Waals surface area contributed by atoms with Crippen LogP contribution in [0.4, 0.5) is 4.39 Å². The minimum atomic E-state index is -4.23. The van der Waals surface area contributed by atoms with Crippen molar-refractivity contribution in [2.45, 2.75) is 6.92 Å². The summed E-state index contributed by atoms with van der Waals surface area (Å²) in [5.74, 6) is -1.28. The van der Waals surface area contributed by atoms with E-state index in [-0.39, 0.29) is 29.6 Å². The second-order valence-corrected chi connectivity index (χ2v) is 3.43. The van der Waals surface area contributed by atoms with Crippen LogP contribution in [0.3, 0.4) is 0 Å². The normalized spacial score (nSPS) is 13.9. The molecule has 0 spiro atoms. The van der Waals surface area contributed by atoms with Gasteiger partial charge in [-0.05, 0) is 5.92 Å². The molecule has 0 rings (SSSR count). The molecule has 0 heterocycles. The number of rotatable bonds is 3. The summed E-state index contributed by atoms with van der Waals surface area (Å²) in [6.45, 7) is 0.608. The summed E-state index contributed by atoms with van der Waals surface area (Å²) in [6.07, 6.45) is 0. The molecule has 0 aliphatic rings. The molecule has 10 heavy (non-hydrogen) atoms. The van der Waals surface area contributed by atoms with Crippen LogP contribution in [0.5, 0.6) is 0 Å². The molecular weight excluding hydrogens is 170 g/mol. The molecule has 0 saturated carbocycles. The summed E-state index contributed by atoms with van der Waals surface area (Å²) in [5.41, 5.74) is 0. The molecule has 6 heteroatoms. The Morgan fingerprint density at radius 3 is 2.10 bits per heavy atom. The van der Waals surface area contributed by atoms with Crippen LogP contribution in [0.2, 0.25) is 0 Å². The minimum Gasteiger partial charge on any atom is -0.748 e. The van der Waals surface area contributed by atoms with Crippen molar-refractivity contribution in [3.05, 3.63) is 0 Å². The molecule has 0 N–H and O–H groups in total. The van der Waals surface area contributed by atoms with Crippen LogP contribution in [-0.2, 0) is 10.1 Å². The van der Waals surface area contributed by atoms with E-state index in [1.807, 2.05) is 0 Å². The summed E-state index contributed by atoms with van der Waals surface area (Å²) in [4.78, 5) is 0. The van der Waals surface area contributed by atoms with Gasteiger partial charge in [0.05, 0.1) is 16.8 Å². The van der Waals surface area contributed by atoms with E-state index in [4.69, 9.17) is 0 Å². The minimum absolute atomic E-state index is 0. The van der Waals surface area contributed by atoms with Crippen molar-refractivity contribution in [3.8, 4) is 0 Å². The number of hydrogen-bond donors (Lipinski definition) is 0. The first-order valence-corrected chi connectivity index (χ1v) is 4.03. The Labute approximate surface area is 82.0 Å². The fourth-order valence-corrected chi connectivity index (χ4v) is 1.18. The van der Waals surface area contributed by atoms with Gasteiger partial charge in [-0.15, -0.1) is 0 Å². The van der Waals surface area contributed by atoms with E-state index < -0.39 is 28.5 Å². The van der Waals surface area contributed by atoms with Gasteiger partial charge in [0.1, 0.15) is 0 Å². The van der Waals surface area contributed by atoms with Crippen molar-refractivity contribution in [2.24, 2.45) is 5.92 Å². The fourth-order valence-electron chi connectivity index (χ4n) is 0.393. The summed E-state index contributed by atoms with van der Waals surface area (Å²) in [6, 6.07) is 0. The van der Waals surface area contributed by atoms with Crippen molar-refractivity contribution < 1.29 is 46.9 Å². The van der Waals surface area contributed by atoms with E-state index in [0.717, 1.165) is 0 Å². The topological polar surface area (TPSA) is 57.2 Å². The molecule has 0 aromatic heterocycles. The van der Waals surface area contributed by atoms with Crippen LogP contribution in [-0.4, -0.2) is 25.4 Å². The van der Waals surface area contributed by atoms with Crippen LogP contribution in [0, 0.1) is 5.92 Å². The van der Waals surface area contributed by atoms with E-state index in [1.54, 1.807) is 0 Å². The first kappa shape index (κ1) is 13.4. The quantitative estimate of drug-likeness (QED) is 0.345. The smallest absolute Gasteiger partial charge is 0.748 e. The third-order valence-corrected chi connectivity index (χ3v) is 1.73. The second-order valence-electron chi connectivity index (χ2n) is 1.98. The maximum atomic E-state index is 11.5. The Morgan fingerprint density at radius 2 is 2.00 bits per heavy atom. The largest absolute Gasteiger partial charge is 1.00 e. The third-order valence-electron chi connectivity index (χ3n) is 0.752. The van der Waals surface area contributed by atoms with Gasteiger partial charge in [-0.2, -0.15) is 0 Å². The van der Waals surface area contributed by atoms with E-state index in [9.17, 15) is 17.4 Å². The van der Waals surface area contributed by atoms with Gasteiger partial charge in [-0.1, -0.05) is 6.92 Å². The molecule has 3 nitrogen and oxygen atoms in total. The molecule has 0 aliphatic heterocycles. The van der Waals surface area contributed by atoms with Crippen LogP contribution in [0.25, 0.3) is 0 Å². The average molecular weight is 178 g/mol. The third kappa shape index (κ3) is 8.84. The maximum Gasteiger partial charge on any atom is 1.00 e. The van der Waals surface area contributed by atoms with Crippen LogP contribution in [0.1, 0.15) is 6.92 Å². The Hall–Kier alpha value is 0.840. The molecule has 0 aromatic rings. The first-order chi connectivity index (χ1) is 3.95. The summed E-state index contributed by atoms with van der Waals surface area (Å²) in [5, 5.41) is 0. The molecule has 0 fully saturated rings. The van der Waals surface area contributed by atoms with Gasteiger partial charge in [0.15, 0.2) is 0 Å². The van der Waals surface area contributed by atoms with Crippen molar-refractivity contribution >= 4 is 10.1 Å². The van der Waals surface area contributed by atoms with Crippen molar-refractivity contribution in [1.29, 1.82) is 0 Å². The van der Waals surface area contributed by atoms with Gasteiger partial charge in [0, 0.05) is 5.75 Å². The van der Waals surface area contributed by atoms with Gasteiger partial charge in [-0.3, -0.25) is 4.39 Å². The van der Waals surface area contributed by atoms with Gasteiger partial charge in [-0.25, -0.2) is 8.42 Å². The molecule has 0 saturated heterocycles. The average Bonchev–Trinajstić information content (AvgIpc) is 1.62. The standard InChI is InChI=1S/C4H9FO3S.Na/c1-4(2-5)3-9(6,7)8;/h4H,2-3H2,1H3,(H,6,7,8);/q;+1/p-1. The fraction of sp³-hybridized carbons (Fsp3) is 1.00. The molecule has 0 bridgehead atoms. The summed E-state index contributed by atoms with van der Waals surface area (Å²) < 4.78 is 41.1. The summed E-state index contributed by atoms with van der Waals surface area (Å²) in [7, 11) is -4.23. The Balaban J connectivity index is 0. The molecule has 0 aromatic carbocycles. The zero-order valence-corrected chi connectivity index (χ0v) is 8.82. The molecule has 1 atom stereocenters. The van der Waals surface area contributed by atoms with E-state index in [2.05, 4.69) is 0 Å². The van der Waals surface area contributed by atoms with Gasteiger partial charge in [0.25, 0.3) is 0 Å². The number of hydrogen-bond acceptors (Lipinski definition) is 3. The van der Waals surface area contributed by atoms with Gasteiger partial charge in [0.2, 0.25) is 0 Å². The van der Waals surface area contributed by atoms with Crippen molar-refractivity contribution in [1.82, 2.24) is 0 Å². The maximum absolute atomic E-state index is 11.5. The molecule has 0 aliphatic carbocycles. The predicted octanol–water partition coefficient (Wildman–Crippen LogP) is -2.86. The van der Waals surface area contributed by atoms with Crippen LogP contribution >= 0.6 is 0 Å². The van der Waals surface area contributed by atoms with Crippen LogP contribution in [0.15, 0.2) is 0 Å². The second kappa shape index (κ2) is 5.49. The van der Waals surface area contributed by atoms with Crippen molar-refractivity contribution in [2.75, 3.05) is 12.4 Å². The molecule has 0 radical (unpaired) electrons. The molecule has 56 valence electrons. The zero-order chi connectivity index (χ0) is 7.49. The van der Waals surface area contributed by atoms with E-state index in [1.165, 1.54) is 6.92 Å². The monoisotopic (exact) mass is 178 g/mol. The Bertz CT molecular complexity index is 167. The SMILES string of the molecule is CC(CF)CS(=O)(=O)[O-].[Na+]. The zero-order valence-electron chi connectivity index (χ0n) is 6.00. The van der Waals surface area contributed by atoms with Crippen LogP contribution < -0.4 is 29.6 Å². The Morgan fingerprint density at radius 1 is 1.60 bits per heavy atom. The molecule has 0 amide bonds. The van der Waals surface area contributed by atoms with Crippen molar-refractivity contribution in [3.63, 3.8) is 0 Å². The number of halogens is 1. The molecule has 1 unspecified atom stereocenters. The Kier molecular flexibility index (Phi) is 7.37.